The van der Waals surface area contributed by atoms with E-state index in [1.54, 1.807) is 11.8 Å². The lowest BCUT2D eigenvalue weighted by atomic mass is 10.3. The lowest BCUT2D eigenvalue weighted by molar-refractivity contribution is 0.0473. The Balaban J connectivity index is 2.27. The minimum Gasteiger partial charge on any atom is -0.398 e. The number of unbranched alkanes of at least 4 members (excludes halogenated alkanes) is 1. The van der Waals surface area contributed by atoms with Crippen LogP contribution >= 0.6 is 27.7 Å². The summed E-state index contributed by atoms with van der Waals surface area (Å²) in [6, 6.07) is 5.77. The Hall–Kier alpha value is -0.230. The molecule has 1 rings (SSSR count). The first-order valence-corrected chi connectivity index (χ1v) is 7.85. The van der Waals surface area contributed by atoms with Crippen molar-refractivity contribution in [1.29, 1.82) is 0 Å². The van der Waals surface area contributed by atoms with Gasteiger partial charge in [0, 0.05) is 27.4 Å². The molecule has 0 amide bonds. The zero-order valence-electron chi connectivity index (χ0n) is 10.6. The number of anilines is 1. The maximum Gasteiger partial charge on any atom is 0.0867 e. The quantitative estimate of drug-likeness (QED) is 0.435. The normalized spacial score (nSPS) is 12.6. The largest absolute Gasteiger partial charge is 0.398 e. The Labute approximate surface area is 121 Å². The van der Waals surface area contributed by atoms with E-state index in [-0.39, 0.29) is 0 Å². The maximum atomic E-state index is 9.76. The van der Waals surface area contributed by atoms with Gasteiger partial charge in [0.1, 0.15) is 0 Å². The molecule has 0 aliphatic heterocycles. The zero-order chi connectivity index (χ0) is 13.4. The van der Waals surface area contributed by atoms with Crippen LogP contribution in [0, 0.1) is 0 Å². The molecular formula is C13H20BrNO2S. The van der Waals surface area contributed by atoms with Gasteiger partial charge in [-0.15, -0.1) is 11.8 Å². The predicted octanol–water partition coefficient (Wildman–Crippen LogP) is 3.30. The number of hydrogen-bond acceptors (Lipinski definition) is 4. The first kappa shape index (κ1) is 15.8. The Kier molecular flexibility index (Phi) is 7.74. The van der Waals surface area contributed by atoms with Crippen LogP contribution < -0.4 is 5.73 Å². The van der Waals surface area contributed by atoms with Crippen molar-refractivity contribution in [3.8, 4) is 0 Å². The van der Waals surface area contributed by atoms with Gasteiger partial charge < -0.3 is 15.6 Å². The number of ether oxygens (including phenoxy) is 1. The van der Waals surface area contributed by atoms with Crippen molar-refractivity contribution < 1.29 is 9.84 Å². The van der Waals surface area contributed by atoms with Crippen LogP contribution in [0.25, 0.3) is 0 Å². The van der Waals surface area contributed by atoms with E-state index in [9.17, 15) is 5.11 Å². The number of aliphatic hydroxyl groups is 1. The monoisotopic (exact) mass is 333 g/mol. The molecule has 0 saturated carbocycles. The summed E-state index contributed by atoms with van der Waals surface area (Å²) in [6.45, 7) is 3.23. The smallest absolute Gasteiger partial charge is 0.0867 e. The molecule has 0 aliphatic carbocycles. The molecule has 0 radical (unpaired) electrons. The summed E-state index contributed by atoms with van der Waals surface area (Å²) in [4.78, 5) is 0.991. The van der Waals surface area contributed by atoms with Crippen LogP contribution in [0.4, 0.5) is 5.69 Å². The zero-order valence-corrected chi connectivity index (χ0v) is 13.0. The van der Waals surface area contributed by atoms with E-state index in [1.807, 2.05) is 18.2 Å². The Morgan fingerprint density at radius 3 is 2.94 bits per heavy atom. The summed E-state index contributed by atoms with van der Waals surface area (Å²) in [5.41, 5.74) is 6.61. The molecule has 0 spiro atoms. The lowest BCUT2D eigenvalue weighted by Crippen LogP contribution is -2.18. The highest BCUT2D eigenvalue weighted by Crippen LogP contribution is 2.28. The van der Waals surface area contributed by atoms with Gasteiger partial charge in [-0.25, -0.2) is 0 Å². The molecule has 0 aliphatic rings. The fourth-order valence-electron chi connectivity index (χ4n) is 1.35. The Morgan fingerprint density at radius 2 is 2.28 bits per heavy atom. The number of aliphatic hydroxyl groups excluding tert-OH is 1. The molecule has 1 unspecified atom stereocenters. The van der Waals surface area contributed by atoms with Crippen molar-refractivity contribution in [2.24, 2.45) is 0 Å². The third kappa shape index (κ3) is 6.09. The molecule has 0 aromatic heterocycles. The minimum absolute atomic E-state index is 0.392. The summed E-state index contributed by atoms with van der Waals surface area (Å²) in [7, 11) is 0. The minimum atomic E-state index is -0.449. The van der Waals surface area contributed by atoms with E-state index >= 15 is 0 Å². The average Bonchev–Trinajstić information content (AvgIpc) is 2.33. The van der Waals surface area contributed by atoms with Crippen molar-refractivity contribution in [3.63, 3.8) is 0 Å². The third-order valence-electron chi connectivity index (χ3n) is 2.36. The van der Waals surface area contributed by atoms with E-state index in [1.165, 1.54) is 0 Å². The second kappa shape index (κ2) is 8.80. The molecule has 5 heteroatoms. The van der Waals surface area contributed by atoms with E-state index in [2.05, 4.69) is 22.9 Å². The number of rotatable bonds is 8. The van der Waals surface area contributed by atoms with Crippen molar-refractivity contribution in [2.75, 3.05) is 24.7 Å². The van der Waals surface area contributed by atoms with Crippen LogP contribution in [0.5, 0.6) is 0 Å². The number of thioether (sulfide) groups is 1. The van der Waals surface area contributed by atoms with Gasteiger partial charge in [-0.3, -0.25) is 0 Å². The van der Waals surface area contributed by atoms with Crippen molar-refractivity contribution >= 4 is 33.4 Å². The number of hydrogen-bond donors (Lipinski definition) is 2. The topological polar surface area (TPSA) is 55.5 Å². The van der Waals surface area contributed by atoms with E-state index in [4.69, 9.17) is 10.5 Å². The van der Waals surface area contributed by atoms with Gasteiger partial charge in [-0.05, 0) is 24.6 Å². The summed E-state index contributed by atoms with van der Waals surface area (Å²) in [5.74, 6) is 0.595. The van der Waals surface area contributed by atoms with Crippen LogP contribution in [0.1, 0.15) is 19.8 Å². The van der Waals surface area contributed by atoms with Crippen LogP contribution in [-0.4, -0.2) is 30.2 Å². The molecule has 18 heavy (non-hydrogen) atoms. The fraction of sp³-hybridized carbons (Fsp3) is 0.538. The maximum absolute atomic E-state index is 9.76. The number of nitrogen functional groups attached to an aromatic ring is 1. The fourth-order valence-corrected chi connectivity index (χ4v) is 2.59. The second-order valence-corrected chi connectivity index (χ2v) is 6.05. The molecule has 1 atom stereocenters. The molecular weight excluding hydrogens is 314 g/mol. The summed E-state index contributed by atoms with van der Waals surface area (Å²) < 4.78 is 6.34. The summed E-state index contributed by atoms with van der Waals surface area (Å²) in [6.07, 6.45) is 1.70. The van der Waals surface area contributed by atoms with Gasteiger partial charge in [-0.1, -0.05) is 29.3 Å². The van der Waals surface area contributed by atoms with Gasteiger partial charge in [0.05, 0.1) is 12.7 Å². The van der Waals surface area contributed by atoms with Crippen molar-refractivity contribution in [2.45, 2.75) is 30.8 Å². The van der Waals surface area contributed by atoms with Crippen molar-refractivity contribution in [1.82, 2.24) is 0 Å². The molecule has 0 saturated heterocycles. The van der Waals surface area contributed by atoms with E-state index < -0.39 is 6.10 Å². The number of halogens is 1. The highest BCUT2D eigenvalue weighted by Gasteiger charge is 2.07. The van der Waals surface area contributed by atoms with Gasteiger partial charge in [0.25, 0.3) is 0 Å². The highest BCUT2D eigenvalue weighted by molar-refractivity contribution is 9.10. The second-order valence-electron chi connectivity index (χ2n) is 4.08. The first-order valence-electron chi connectivity index (χ1n) is 6.07. The molecule has 0 fully saturated rings. The van der Waals surface area contributed by atoms with Gasteiger partial charge >= 0.3 is 0 Å². The third-order valence-corrected chi connectivity index (χ3v) is 4.08. The van der Waals surface area contributed by atoms with Crippen LogP contribution in [-0.2, 0) is 4.74 Å². The van der Waals surface area contributed by atoms with Crippen molar-refractivity contribution in [3.05, 3.63) is 22.7 Å². The van der Waals surface area contributed by atoms with E-state index in [0.717, 1.165) is 34.5 Å². The first-order chi connectivity index (χ1) is 8.63. The molecule has 0 bridgehead atoms. The summed E-state index contributed by atoms with van der Waals surface area (Å²) >= 11 is 4.92. The van der Waals surface area contributed by atoms with Crippen LogP contribution in [0.15, 0.2) is 27.6 Å². The Morgan fingerprint density at radius 1 is 1.50 bits per heavy atom. The molecule has 1 aromatic carbocycles. The molecule has 3 N–H and O–H groups in total. The van der Waals surface area contributed by atoms with E-state index in [0.29, 0.717) is 12.4 Å². The number of nitrogens with two attached hydrogens (primary N) is 1. The molecule has 0 heterocycles. The Bertz CT molecular complexity index is 363. The lowest BCUT2D eigenvalue weighted by Gasteiger charge is -2.12. The highest BCUT2D eigenvalue weighted by atomic mass is 79.9. The molecule has 102 valence electrons. The van der Waals surface area contributed by atoms with Gasteiger partial charge in [0.2, 0.25) is 0 Å². The van der Waals surface area contributed by atoms with Gasteiger partial charge in [-0.2, -0.15) is 0 Å². The number of benzene rings is 1. The summed E-state index contributed by atoms with van der Waals surface area (Å²) in [5, 5.41) is 9.76. The average molecular weight is 334 g/mol. The van der Waals surface area contributed by atoms with Crippen LogP contribution in [0.2, 0.25) is 0 Å². The predicted molar refractivity (Wildman–Crippen MR) is 81.0 cm³/mol. The molecule has 1 aromatic rings. The van der Waals surface area contributed by atoms with Crippen LogP contribution in [0.3, 0.4) is 0 Å². The van der Waals surface area contributed by atoms with Gasteiger partial charge in [0.15, 0.2) is 0 Å². The molecule has 3 nitrogen and oxygen atoms in total. The standard InChI is InChI=1S/C13H20BrNO2S/c1-2-3-6-17-8-11(16)9-18-13-5-4-10(14)7-12(13)15/h4-5,7,11,16H,2-3,6,8-9,15H2,1H3. The SMILES string of the molecule is CCCCOCC(O)CSc1ccc(Br)cc1N.